The first-order valence-electron chi connectivity index (χ1n) is 6.02. The van der Waals surface area contributed by atoms with Crippen LogP contribution >= 0.6 is 24.0 Å². The lowest BCUT2D eigenvalue weighted by molar-refractivity contribution is 0.0938. The Morgan fingerprint density at radius 3 is 2.55 bits per heavy atom. The predicted molar refractivity (Wildman–Crippen MR) is 81.4 cm³/mol. The van der Waals surface area contributed by atoms with Gasteiger partial charge in [0.15, 0.2) is 11.5 Å². The van der Waals surface area contributed by atoms with E-state index in [0.717, 1.165) is 5.56 Å². The van der Waals surface area contributed by atoms with Crippen LogP contribution in [-0.2, 0) is 11.3 Å². The average molecular weight is 326 g/mol. The molecule has 0 aromatic heterocycles. The number of ether oxygens (including phenoxy) is 3. The van der Waals surface area contributed by atoms with Crippen LogP contribution in [0, 0.1) is 0 Å². The fourth-order valence-electron chi connectivity index (χ4n) is 1.62. The molecule has 0 fully saturated rings. The largest absolute Gasteiger partial charge is 0.493 e. The average Bonchev–Trinajstić information content (AvgIpc) is 2.42. The molecular formula is C13H21Cl2NO4. The van der Waals surface area contributed by atoms with Crippen LogP contribution in [0.5, 0.6) is 11.5 Å². The summed E-state index contributed by atoms with van der Waals surface area (Å²) < 4.78 is 15.5. The summed E-state index contributed by atoms with van der Waals surface area (Å²) in [5, 5.41) is 12.3. The van der Waals surface area contributed by atoms with Gasteiger partial charge in [0.25, 0.3) is 0 Å². The molecule has 0 amide bonds. The van der Waals surface area contributed by atoms with Gasteiger partial charge in [-0.2, -0.15) is 0 Å². The van der Waals surface area contributed by atoms with Gasteiger partial charge in [0, 0.05) is 13.1 Å². The van der Waals surface area contributed by atoms with Crippen molar-refractivity contribution in [2.75, 3.05) is 40.6 Å². The van der Waals surface area contributed by atoms with Crippen molar-refractivity contribution in [1.82, 2.24) is 5.32 Å². The lowest BCUT2D eigenvalue weighted by atomic mass is 10.2. The summed E-state index contributed by atoms with van der Waals surface area (Å²) >= 11 is 6.11. The molecule has 1 aromatic carbocycles. The molecule has 0 unspecified atom stereocenters. The highest BCUT2D eigenvalue weighted by atomic mass is 35.5. The lowest BCUT2D eigenvalue weighted by Gasteiger charge is -2.12. The molecule has 1 aromatic rings. The summed E-state index contributed by atoms with van der Waals surface area (Å²) in [5.74, 6) is 1.16. The van der Waals surface area contributed by atoms with Crippen molar-refractivity contribution in [1.29, 1.82) is 0 Å². The van der Waals surface area contributed by atoms with E-state index < -0.39 is 0 Å². The summed E-state index contributed by atoms with van der Waals surface area (Å²) in [6.07, 6.45) is 0. The van der Waals surface area contributed by atoms with E-state index in [4.69, 9.17) is 30.9 Å². The van der Waals surface area contributed by atoms with Gasteiger partial charge >= 0.3 is 0 Å². The Bertz CT molecular complexity index is 391. The summed E-state index contributed by atoms with van der Waals surface area (Å²) in [4.78, 5) is 0. The number of aliphatic hydroxyl groups is 1. The molecule has 2 N–H and O–H groups in total. The van der Waals surface area contributed by atoms with E-state index >= 15 is 0 Å². The molecule has 0 heterocycles. The van der Waals surface area contributed by atoms with Crippen molar-refractivity contribution >= 4 is 24.0 Å². The van der Waals surface area contributed by atoms with Crippen LogP contribution in [0.1, 0.15) is 5.56 Å². The maximum atomic E-state index is 8.55. The molecule has 1 rings (SSSR count). The highest BCUT2D eigenvalue weighted by Gasteiger charge is 2.10. The fourth-order valence-corrected chi connectivity index (χ4v) is 1.93. The number of hydrogen-bond donors (Lipinski definition) is 2. The minimum absolute atomic E-state index is 0. The van der Waals surface area contributed by atoms with E-state index in [9.17, 15) is 0 Å². The quantitative estimate of drug-likeness (QED) is 0.679. The van der Waals surface area contributed by atoms with E-state index in [2.05, 4.69) is 5.32 Å². The first kappa shape index (κ1) is 19.3. The van der Waals surface area contributed by atoms with Crippen molar-refractivity contribution < 1.29 is 19.3 Å². The predicted octanol–water partition coefficient (Wildman–Crippen LogP) is 1.88. The highest BCUT2D eigenvalue weighted by Crippen LogP contribution is 2.35. The zero-order chi connectivity index (χ0) is 14.1. The molecule has 0 aliphatic carbocycles. The van der Waals surface area contributed by atoms with E-state index in [0.29, 0.717) is 42.8 Å². The second-order valence-electron chi connectivity index (χ2n) is 3.83. The van der Waals surface area contributed by atoms with Gasteiger partial charge in [0.2, 0.25) is 0 Å². The summed E-state index contributed by atoms with van der Waals surface area (Å²) in [7, 11) is 3.13. The Morgan fingerprint density at radius 1 is 1.20 bits per heavy atom. The monoisotopic (exact) mass is 325 g/mol. The van der Waals surface area contributed by atoms with Crippen molar-refractivity contribution in [3.8, 4) is 11.5 Å². The number of rotatable bonds is 9. The number of benzene rings is 1. The third-order valence-electron chi connectivity index (χ3n) is 2.48. The zero-order valence-electron chi connectivity index (χ0n) is 11.6. The lowest BCUT2D eigenvalue weighted by Crippen LogP contribution is -2.20. The standard InChI is InChI=1S/C13H20ClNO4.ClH/c1-17-12-8-10(7-11(14)13(12)18-2)9-15-3-5-19-6-4-16;/h7-8,15-16H,3-6,9H2,1-2H3;1H. The van der Waals surface area contributed by atoms with Crippen LogP contribution < -0.4 is 14.8 Å². The molecule has 116 valence electrons. The second kappa shape index (κ2) is 11.0. The minimum atomic E-state index is 0. The van der Waals surface area contributed by atoms with Crippen molar-refractivity contribution in [3.63, 3.8) is 0 Å². The van der Waals surface area contributed by atoms with Gasteiger partial charge in [-0.3, -0.25) is 0 Å². The molecule has 0 saturated heterocycles. The van der Waals surface area contributed by atoms with Crippen LogP contribution in [0.2, 0.25) is 5.02 Å². The molecule has 20 heavy (non-hydrogen) atoms. The Kier molecular flexibility index (Phi) is 10.6. The highest BCUT2D eigenvalue weighted by molar-refractivity contribution is 6.32. The Labute approximate surface area is 130 Å². The van der Waals surface area contributed by atoms with Crippen molar-refractivity contribution in [3.05, 3.63) is 22.7 Å². The molecule has 7 heteroatoms. The van der Waals surface area contributed by atoms with Gasteiger partial charge in [-0.1, -0.05) is 11.6 Å². The van der Waals surface area contributed by atoms with Crippen LogP contribution in [0.4, 0.5) is 0 Å². The van der Waals surface area contributed by atoms with Crippen molar-refractivity contribution in [2.24, 2.45) is 0 Å². The molecule has 0 aliphatic heterocycles. The third kappa shape index (κ3) is 6.15. The first-order chi connectivity index (χ1) is 9.22. The molecule has 0 aliphatic rings. The third-order valence-corrected chi connectivity index (χ3v) is 2.76. The van der Waals surface area contributed by atoms with Gasteiger partial charge in [-0.15, -0.1) is 12.4 Å². The Balaban J connectivity index is 0.00000361. The number of halogens is 2. The molecular weight excluding hydrogens is 305 g/mol. The van der Waals surface area contributed by atoms with Gasteiger partial charge in [0.1, 0.15) is 0 Å². The zero-order valence-corrected chi connectivity index (χ0v) is 13.2. The molecule has 5 nitrogen and oxygen atoms in total. The van der Waals surface area contributed by atoms with Crippen molar-refractivity contribution in [2.45, 2.75) is 6.54 Å². The minimum Gasteiger partial charge on any atom is -0.493 e. The van der Waals surface area contributed by atoms with Crippen LogP contribution in [0.3, 0.4) is 0 Å². The van der Waals surface area contributed by atoms with Gasteiger partial charge in [0.05, 0.1) is 39.1 Å². The Morgan fingerprint density at radius 2 is 1.95 bits per heavy atom. The number of methoxy groups -OCH3 is 2. The molecule has 0 atom stereocenters. The smallest absolute Gasteiger partial charge is 0.179 e. The van der Waals surface area contributed by atoms with Crippen LogP contribution in [-0.4, -0.2) is 45.7 Å². The van der Waals surface area contributed by atoms with E-state index in [1.807, 2.05) is 12.1 Å². The summed E-state index contributed by atoms with van der Waals surface area (Å²) in [6, 6.07) is 3.72. The van der Waals surface area contributed by atoms with E-state index in [1.54, 1.807) is 14.2 Å². The maximum absolute atomic E-state index is 8.55. The molecule has 0 spiro atoms. The van der Waals surface area contributed by atoms with Crippen LogP contribution in [0.15, 0.2) is 12.1 Å². The SMILES string of the molecule is COc1cc(CNCCOCCO)cc(Cl)c1OC.Cl. The summed E-state index contributed by atoms with van der Waals surface area (Å²) in [5.41, 5.74) is 1.00. The molecule has 0 saturated carbocycles. The molecule has 0 bridgehead atoms. The summed E-state index contributed by atoms with van der Waals surface area (Å²) in [6.45, 7) is 2.32. The Hall–Kier alpha value is -0.720. The normalized spacial score (nSPS) is 10.0. The fraction of sp³-hybridized carbons (Fsp3) is 0.538. The second-order valence-corrected chi connectivity index (χ2v) is 4.23. The number of aliphatic hydroxyl groups excluding tert-OH is 1. The number of nitrogens with one attached hydrogen (secondary N) is 1. The number of hydrogen-bond acceptors (Lipinski definition) is 5. The van der Waals surface area contributed by atoms with Crippen LogP contribution in [0.25, 0.3) is 0 Å². The molecule has 0 radical (unpaired) electrons. The maximum Gasteiger partial charge on any atom is 0.179 e. The first-order valence-corrected chi connectivity index (χ1v) is 6.40. The van der Waals surface area contributed by atoms with Gasteiger partial charge < -0.3 is 24.6 Å². The topological polar surface area (TPSA) is 60.0 Å². The van der Waals surface area contributed by atoms with E-state index in [1.165, 1.54) is 0 Å². The van der Waals surface area contributed by atoms with E-state index in [-0.39, 0.29) is 19.0 Å². The van der Waals surface area contributed by atoms with Gasteiger partial charge in [-0.25, -0.2) is 0 Å². The van der Waals surface area contributed by atoms with Gasteiger partial charge in [-0.05, 0) is 17.7 Å².